The van der Waals surface area contributed by atoms with E-state index < -0.39 is 0 Å². The smallest absolute Gasteiger partial charge is 0.191 e. The number of hydrogen-bond donors (Lipinski definition) is 2. The highest BCUT2D eigenvalue weighted by molar-refractivity contribution is 5.80. The second kappa shape index (κ2) is 7.77. The van der Waals surface area contributed by atoms with E-state index in [-0.39, 0.29) is 0 Å². The van der Waals surface area contributed by atoms with Crippen molar-refractivity contribution in [2.24, 2.45) is 23.9 Å². The largest absolute Gasteiger partial charge is 0.385 e. The molecule has 1 aromatic heterocycles. The Bertz CT molecular complexity index is 528. The molecule has 2 saturated carbocycles. The van der Waals surface area contributed by atoms with Gasteiger partial charge in [-0.3, -0.25) is 0 Å². The Morgan fingerprint density at radius 2 is 2.35 bits per heavy atom. The monoisotopic (exact) mass is 320 g/mol. The van der Waals surface area contributed by atoms with Crippen LogP contribution in [0.3, 0.4) is 0 Å². The van der Waals surface area contributed by atoms with Crippen molar-refractivity contribution in [3.05, 3.63) is 12.2 Å². The molecule has 2 fully saturated rings. The van der Waals surface area contributed by atoms with Crippen molar-refractivity contribution >= 4 is 5.96 Å². The number of hydrogen-bond acceptors (Lipinski definition) is 4. The predicted molar refractivity (Wildman–Crippen MR) is 89.0 cm³/mol. The Hall–Kier alpha value is -1.63. The SMILES string of the molecule is COCCCNC(=NCc1nncn1C)N[C@@H]1C[C@H]2CC[C@H]1C2. The predicted octanol–water partition coefficient (Wildman–Crippen LogP) is 1.08. The van der Waals surface area contributed by atoms with Crippen molar-refractivity contribution in [2.45, 2.75) is 44.7 Å². The molecule has 7 nitrogen and oxygen atoms in total. The number of nitrogens with one attached hydrogen (secondary N) is 2. The van der Waals surface area contributed by atoms with Gasteiger partial charge in [0.15, 0.2) is 11.8 Å². The van der Waals surface area contributed by atoms with Gasteiger partial charge in [0.1, 0.15) is 12.9 Å². The van der Waals surface area contributed by atoms with Crippen LogP contribution in [0.1, 0.15) is 37.9 Å². The van der Waals surface area contributed by atoms with Crippen molar-refractivity contribution in [3.8, 4) is 0 Å². The minimum Gasteiger partial charge on any atom is -0.385 e. The van der Waals surface area contributed by atoms with Gasteiger partial charge in [0.05, 0.1) is 0 Å². The van der Waals surface area contributed by atoms with Gasteiger partial charge in [0, 0.05) is 33.4 Å². The van der Waals surface area contributed by atoms with E-state index >= 15 is 0 Å². The second-order valence-electron chi connectivity index (χ2n) is 6.72. The number of methoxy groups -OCH3 is 1. The van der Waals surface area contributed by atoms with Crippen LogP contribution in [0.2, 0.25) is 0 Å². The van der Waals surface area contributed by atoms with Crippen molar-refractivity contribution in [1.29, 1.82) is 0 Å². The van der Waals surface area contributed by atoms with Crippen LogP contribution in [-0.2, 0) is 18.3 Å². The van der Waals surface area contributed by atoms with E-state index in [4.69, 9.17) is 9.73 Å². The molecule has 3 rings (SSSR count). The number of guanidine groups is 1. The molecule has 0 aliphatic heterocycles. The fourth-order valence-electron chi connectivity index (χ4n) is 3.77. The summed E-state index contributed by atoms with van der Waals surface area (Å²) in [4.78, 5) is 4.70. The highest BCUT2D eigenvalue weighted by Gasteiger charge is 2.39. The van der Waals surface area contributed by atoms with Crippen molar-refractivity contribution < 1.29 is 4.74 Å². The summed E-state index contributed by atoms with van der Waals surface area (Å²) in [7, 11) is 3.68. The molecule has 0 unspecified atom stereocenters. The molecule has 2 bridgehead atoms. The lowest BCUT2D eigenvalue weighted by Crippen LogP contribution is -2.46. The van der Waals surface area contributed by atoms with E-state index in [0.717, 1.165) is 43.2 Å². The van der Waals surface area contributed by atoms with Gasteiger partial charge in [-0.2, -0.15) is 0 Å². The summed E-state index contributed by atoms with van der Waals surface area (Å²) >= 11 is 0. The maximum atomic E-state index is 5.11. The summed E-state index contributed by atoms with van der Waals surface area (Å²) in [5, 5.41) is 15.1. The van der Waals surface area contributed by atoms with Crippen LogP contribution in [0.4, 0.5) is 0 Å². The lowest BCUT2D eigenvalue weighted by molar-refractivity contribution is 0.195. The fourth-order valence-corrected chi connectivity index (χ4v) is 3.77. The van der Waals surface area contributed by atoms with Gasteiger partial charge in [-0.15, -0.1) is 10.2 Å². The Morgan fingerprint density at radius 3 is 3.00 bits per heavy atom. The van der Waals surface area contributed by atoms with E-state index in [9.17, 15) is 0 Å². The number of aromatic nitrogens is 3. The number of fused-ring (bicyclic) bond motifs is 2. The molecule has 0 radical (unpaired) electrons. The number of nitrogens with zero attached hydrogens (tertiary/aromatic N) is 4. The highest BCUT2D eigenvalue weighted by Crippen LogP contribution is 2.44. The van der Waals surface area contributed by atoms with Crippen LogP contribution in [-0.4, -0.2) is 47.0 Å². The molecule has 128 valence electrons. The molecule has 0 spiro atoms. The van der Waals surface area contributed by atoms with Crippen LogP contribution in [0.5, 0.6) is 0 Å². The first-order chi connectivity index (χ1) is 11.3. The lowest BCUT2D eigenvalue weighted by atomic mass is 9.95. The molecule has 1 heterocycles. The molecule has 0 saturated heterocycles. The third-order valence-corrected chi connectivity index (χ3v) is 5.06. The number of aliphatic imine (C=N–C) groups is 1. The first kappa shape index (κ1) is 16.2. The van der Waals surface area contributed by atoms with Crippen LogP contribution < -0.4 is 10.6 Å². The topological polar surface area (TPSA) is 76.4 Å². The molecule has 1 aromatic rings. The summed E-state index contributed by atoms with van der Waals surface area (Å²) in [5.74, 6) is 3.50. The minimum absolute atomic E-state index is 0.539. The molecule has 0 amide bonds. The first-order valence-electron chi connectivity index (χ1n) is 8.63. The van der Waals surface area contributed by atoms with Crippen LogP contribution in [0.15, 0.2) is 11.3 Å². The summed E-state index contributed by atoms with van der Waals surface area (Å²) < 4.78 is 7.02. The molecule has 23 heavy (non-hydrogen) atoms. The van der Waals surface area contributed by atoms with Gasteiger partial charge < -0.3 is 19.9 Å². The second-order valence-corrected chi connectivity index (χ2v) is 6.72. The van der Waals surface area contributed by atoms with Gasteiger partial charge in [-0.05, 0) is 37.5 Å². The molecule has 0 aromatic carbocycles. The quantitative estimate of drug-likeness (QED) is 0.446. The van der Waals surface area contributed by atoms with Crippen LogP contribution >= 0.6 is 0 Å². The van der Waals surface area contributed by atoms with E-state index in [2.05, 4.69) is 20.8 Å². The maximum absolute atomic E-state index is 5.11. The number of aryl methyl sites for hydroxylation is 1. The Morgan fingerprint density at radius 1 is 1.43 bits per heavy atom. The number of ether oxygens (including phenoxy) is 1. The van der Waals surface area contributed by atoms with Gasteiger partial charge in [0.25, 0.3) is 0 Å². The molecular formula is C16H28N6O. The van der Waals surface area contributed by atoms with Crippen LogP contribution in [0.25, 0.3) is 0 Å². The van der Waals surface area contributed by atoms with Gasteiger partial charge in [-0.25, -0.2) is 4.99 Å². The van der Waals surface area contributed by atoms with Gasteiger partial charge in [-0.1, -0.05) is 6.42 Å². The third kappa shape index (κ3) is 4.22. The Labute approximate surface area is 137 Å². The molecule has 7 heteroatoms. The van der Waals surface area contributed by atoms with E-state index in [0.29, 0.717) is 12.6 Å². The van der Waals surface area contributed by atoms with Crippen molar-refractivity contribution in [3.63, 3.8) is 0 Å². The number of rotatable bonds is 7. The van der Waals surface area contributed by atoms with Crippen molar-refractivity contribution in [1.82, 2.24) is 25.4 Å². The zero-order chi connectivity index (χ0) is 16.1. The standard InChI is InChI=1S/C16H28N6O/c1-22-11-19-21-15(22)10-18-16(17-6-3-7-23-2)20-14-9-12-4-5-13(14)8-12/h11-14H,3-10H2,1-2H3,(H2,17,18,20)/t12-,13-,14+/m0/s1. The van der Waals surface area contributed by atoms with Gasteiger partial charge >= 0.3 is 0 Å². The minimum atomic E-state index is 0.539. The molecule has 2 aliphatic carbocycles. The summed E-state index contributed by atoms with van der Waals surface area (Å²) in [6.07, 6.45) is 8.13. The average Bonchev–Trinajstić information content (AvgIpc) is 3.26. The van der Waals surface area contributed by atoms with E-state index in [1.807, 2.05) is 11.6 Å². The average molecular weight is 320 g/mol. The maximum Gasteiger partial charge on any atom is 0.191 e. The lowest BCUT2D eigenvalue weighted by Gasteiger charge is -2.25. The highest BCUT2D eigenvalue weighted by atomic mass is 16.5. The van der Waals surface area contributed by atoms with Crippen LogP contribution in [0, 0.1) is 11.8 Å². The van der Waals surface area contributed by atoms with E-state index in [1.165, 1.54) is 25.7 Å². The molecule has 2 aliphatic rings. The molecule has 2 N–H and O–H groups in total. The summed E-state index contributed by atoms with van der Waals surface area (Å²) in [6.45, 7) is 2.16. The van der Waals surface area contributed by atoms with E-state index in [1.54, 1.807) is 13.4 Å². The zero-order valence-electron chi connectivity index (χ0n) is 14.2. The normalized spacial score (nSPS) is 26.7. The fraction of sp³-hybridized carbons (Fsp3) is 0.812. The van der Waals surface area contributed by atoms with Crippen molar-refractivity contribution in [2.75, 3.05) is 20.3 Å². The molecule has 3 atom stereocenters. The first-order valence-corrected chi connectivity index (χ1v) is 8.63. The Balaban J connectivity index is 1.57. The van der Waals surface area contributed by atoms with Gasteiger partial charge in [0.2, 0.25) is 0 Å². The summed E-state index contributed by atoms with van der Waals surface area (Å²) in [6, 6.07) is 0.571. The third-order valence-electron chi connectivity index (χ3n) is 5.06. The Kier molecular flexibility index (Phi) is 5.48. The zero-order valence-corrected chi connectivity index (χ0v) is 14.2. The summed E-state index contributed by atoms with van der Waals surface area (Å²) in [5.41, 5.74) is 0. The molecular weight excluding hydrogens is 292 g/mol.